The molecular weight excluding hydrogens is 258 g/mol. The Morgan fingerprint density at radius 2 is 1.76 bits per heavy atom. The zero-order chi connectivity index (χ0) is 15.2. The van der Waals surface area contributed by atoms with Gasteiger partial charge in [-0.25, -0.2) is 0 Å². The average molecular weight is 283 g/mol. The molecule has 2 rings (SSSR count). The van der Waals surface area contributed by atoms with Crippen LogP contribution in [-0.4, -0.2) is 13.2 Å². The monoisotopic (exact) mass is 283 g/mol. The molecule has 0 radical (unpaired) electrons. The SMILES string of the molecule is COc1c(C)ccc(NC(C)CCc2ccccc2)c1C. The molecule has 21 heavy (non-hydrogen) atoms. The minimum Gasteiger partial charge on any atom is -0.496 e. The van der Waals surface area contributed by atoms with Crippen LogP contribution in [0.1, 0.15) is 30.0 Å². The fourth-order valence-electron chi connectivity index (χ4n) is 2.66. The number of methoxy groups -OCH3 is 1. The standard InChI is InChI=1S/C19H25NO/c1-14-10-13-18(16(3)19(14)21-4)20-15(2)11-12-17-8-6-5-7-9-17/h5-10,13,15,20H,11-12H2,1-4H3. The molecule has 2 aromatic rings. The summed E-state index contributed by atoms with van der Waals surface area (Å²) in [5, 5.41) is 3.60. The minimum absolute atomic E-state index is 0.427. The zero-order valence-electron chi connectivity index (χ0n) is 13.4. The van der Waals surface area contributed by atoms with Gasteiger partial charge in [-0.3, -0.25) is 0 Å². The lowest BCUT2D eigenvalue weighted by Gasteiger charge is -2.19. The second-order valence-corrected chi connectivity index (χ2v) is 5.66. The normalized spacial score (nSPS) is 12.0. The summed E-state index contributed by atoms with van der Waals surface area (Å²) in [6, 6.07) is 15.3. The molecule has 1 N–H and O–H groups in total. The van der Waals surface area contributed by atoms with E-state index in [1.165, 1.54) is 16.7 Å². The third kappa shape index (κ3) is 4.01. The van der Waals surface area contributed by atoms with E-state index in [1.807, 2.05) is 0 Å². The highest BCUT2D eigenvalue weighted by atomic mass is 16.5. The Balaban J connectivity index is 1.98. The van der Waals surface area contributed by atoms with Crippen molar-refractivity contribution < 1.29 is 4.74 Å². The number of benzene rings is 2. The third-order valence-corrected chi connectivity index (χ3v) is 3.92. The molecule has 1 unspecified atom stereocenters. The van der Waals surface area contributed by atoms with Crippen LogP contribution in [0.4, 0.5) is 5.69 Å². The molecule has 0 saturated carbocycles. The van der Waals surface area contributed by atoms with Gasteiger partial charge in [0.2, 0.25) is 0 Å². The molecule has 0 spiro atoms. The second kappa shape index (κ2) is 7.16. The molecule has 0 aromatic heterocycles. The van der Waals surface area contributed by atoms with Crippen molar-refractivity contribution in [3.05, 3.63) is 59.2 Å². The quantitative estimate of drug-likeness (QED) is 0.826. The fraction of sp³-hybridized carbons (Fsp3) is 0.368. The van der Waals surface area contributed by atoms with Crippen molar-refractivity contribution in [3.8, 4) is 5.75 Å². The third-order valence-electron chi connectivity index (χ3n) is 3.92. The molecule has 2 aromatic carbocycles. The van der Waals surface area contributed by atoms with Crippen molar-refractivity contribution in [3.63, 3.8) is 0 Å². The van der Waals surface area contributed by atoms with Gasteiger partial charge < -0.3 is 10.1 Å². The van der Waals surface area contributed by atoms with Gasteiger partial charge in [0.25, 0.3) is 0 Å². The van der Waals surface area contributed by atoms with Gasteiger partial charge in [0.15, 0.2) is 0 Å². The van der Waals surface area contributed by atoms with E-state index in [-0.39, 0.29) is 0 Å². The van der Waals surface area contributed by atoms with Gasteiger partial charge in [-0.2, -0.15) is 0 Å². The molecular formula is C19H25NO. The molecule has 0 saturated heterocycles. The van der Waals surface area contributed by atoms with E-state index in [1.54, 1.807) is 7.11 Å². The molecule has 2 heteroatoms. The summed E-state index contributed by atoms with van der Waals surface area (Å²) >= 11 is 0. The van der Waals surface area contributed by atoms with Crippen LogP contribution in [0.2, 0.25) is 0 Å². The lowest BCUT2D eigenvalue weighted by atomic mass is 10.0. The summed E-state index contributed by atoms with van der Waals surface area (Å²) in [4.78, 5) is 0. The number of hydrogen-bond donors (Lipinski definition) is 1. The van der Waals surface area contributed by atoms with Crippen LogP contribution in [0.5, 0.6) is 5.75 Å². The van der Waals surface area contributed by atoms with E-state index in [9.17, 15) is 0 Å². The van der Waals surface area contributed by atoms with Gasteiger partial charge >= 0.3 is 0 Å². The summed E-state index contributed by atoms with van der Waals surface area (Å²) in [5.74, 6) is 0.982. The first kappa shape index (κ1) is 15.4. The molecule has 112 valence electrons. The zero-order valence-corrected chi connectivity index (χ0v) is 13.4. The van der Waals surface area contributed by atoms with Crippen molar-refractivity contribution in [2.75, 3.05) is 12.4 Å². The maximum absolute atomic E-state index is 5.49. The summed E-state index contributed by atoms with van der Waals surface area (Å²) in [5.41, 5.74) is 4.92. The van der Waals surface area contributed by atoms with Crippen LogP contribution in [0, 0.1) is 13.8 Å². The Hall–Kier alpha value is -1.96. The van der Waals surface area contributed by atoms with Gasteiger partial charge in [0.05, 0.1) is 7.11 Å². The highest BCUT2D eigenvalue weighted by molar-refractivity contribution is 5.60. The van der Waals surface area contributed by atoms with E-state index in [0.29, 0.717) is 6.04 Å². The van der Waals surface area contributed by atoms with E-state index in [2.05, 4.69) is 68.6 Å². The van der Waals surface area contributed by atoms with Crippen molar-refractivity contribution >= 4 is 5.69 Å². The number of nitrogens with one attached hydrogen (secondary N) is 1. The Morgan fingerprint density at radius 3 is 2.43 bits per heavy atom. The molecule has 1 atom stereocenters. The van der Waals surface area contributed by atoms with E-state index < -0.39 is 0 Å². The topological polar surface area (TPSA) is 21.3 Å². The predicted octanol–water partition coefficient (Wildman–Crippen LogP) is 4.75. The van der Waals surface area contributed by atoms with Crippen LogP contribution in [-0.2, 0) is 6.42 Å². The molecule has 0 heterocycles. The highest BCUT2D eigenvalue weighted by Crippen LogP contribution is 2.29. The van der Waals surface area contributed by atoms with E-state index >= 15 is 0 Å². The number of aryl methyl sites for hydroxylation is 2. The number of anilines is 1. The number of hydrogen-bond acceptors (Lipinski definition) is 2. The first-order valence-electron chi connectivity index (χ1n) is 7.56. The molecule has 2 nitrogen and oxygen atoms in total. The van der Waals surface area contributed by atoms with Crippen LogP contribution < -0.4 is 10.1 Å². The smallest absolute Gasteiger partial charge is 0.126 e. The predicted molar refractivity (Wildman–Crippen MR) is 90.3 cm³/mol. The molecule has 0 aliphatic rings. The molecule has 0 amide bonds. The Kier molecular flexibility index (Phi) is 5.26. The van der Waals surface area contributed by atoms with Crippen molar-refractivity contribution in [1.29, 1.82) is 0 Å². The molecule has 0 fully saturated rings. The first-order valence-corrected chi connectivity index (χ1v) is 7.56. The molecule has 0 bridgehead atoms. The van der Waals surface area contributed by atoms with Crippen molar-refractivity contribution in [2.45, 2.75) is 39.7 Å². The van der Waals surface area contributed by atoms with Gasteiger partial charge in [0, 0.05) is 17.3 Å². The van der Waals surface area contributed by atoms with Gasteiger partial charge in [-0.15, -0.1) is 0 Å². The highest BCUT2D eigenvalue weighted by Gasteiger charge is 2.10. The van der Waals surface area contributed by atoms with Crippen LogP contribution in [0.15, 0.2) is 42.5 Å². The first-order chi connectivity index (χ1) is 10.1. The Morgan fingerprint density at radius 1 is 1.05 bits per heavy atom. The van der Waals surface area contributed by atoms with Crippen LogP contribution in [0.3, 0.4) is 0 Å². The lowest BCUT2D eigenvalue weighted by molar-refractivity contribution is 0.409. The van der Waals surface area contributed by atoms with Gasteiger partial charge in [-0.1, -0.05) is 36.4 Å². The fourth-order valence-corrected chi connectivity index (χ4v) is 2.66. The maximum Gasteiger partial charge on any atom is 0.126 e. The van der Waals surface area contributed by atoms with E-state index in [0.717, 1.165) is 24.3 Å². The molecule has 0 aliphatic heterocycles. The maximum atomic E-state index is 5.49. The number of ether oxygens (including phenoxy) is 1. The summed E-state index contributed by atoms with van der Waals surface area (Å²) in [7, 11) is 1.73. The summed E-state index contributed by atoms with van der Waals surface area (Å²) in [6.07, 6.45) is 2.21. The summed E-state index contributed by atoms with van der Waals surface area (Å²) < 4.78 is 5.49. The van der Waals surface area contributed by atoms with Crippen molar-refractivity contribution in [1.82, 2.24) is 0 Å². The van der Waals surface area contributed by atoms with Gasteiger partial charge in [-0.05, 0) is 50.8 Å². The Bertz CT molecular complexity index is 578. The second-order valence-electron chi connectivity index (χ2n) is 5.66. The minimum atomic E-state index is 0.427. The average Bonchev–Trinajstić information content (AvgIpc) is 2.50. The van der Waals surface area contributed by atoms with Gasteiger partial charge in [0.1, 0.15) is 5.75 Å². The summed E-state index contributed by atoms with van der Waals surface area (Å²) in [6.45, 7) is 6.42. The van der Waals surface area contributed by atoms with Crippen molar-refractivity contribution in [2.24, 2.45) is 0 Å². The lowest BCUT2D eigenvalue weighted by Crippen LogP contribution is -2.17. The largest absolute Gasteiger partial charge is 0.496 e. The Labute approximate surface area is 128 Å². The van der Waals surface area contributed by atoms with Crippen LogP contribution in [0.25, 0.3) is 0 Å². The van der Waals surface area contributed by atoms with Crippen LogP contribution >= 0.6 is 0 Å². The van der Waals surface area contributed by atoms with E-state index in [4.69, 9.17) is 4.74 Å². The molecule has 0 aliphatic carbocycles. The number of rotatable bonds is 6.